The summed E-state index contributed by atoms with van der Waals surface area (Å²) in [4.78, 5) is 14.6. The second-order valence-corrected chi connectivity index (χ2v) is 6.02. The van der Waals surface area contributed by atoms with Gasteiger partial charge in [0.05, 0.1) is 12.8 Å². The molecular weight excluding hydrogens is 314 g/mol. The Balaban J connectivity index is 1.90. The Morgan fingerprint density at radius 3 is 2.60 bits per heavy atom. The minimum Gasteiger partial charge on any atom is -0.494 e. The number of carbonyl (C=O) groups is 1. The minimum absolute atomic E-state index is 0.0303. The van der Waals surface area contributed by atoms with E-state index in [9.17, 15) is 4.79 Å². The van der Waals surface area contributed by atoms with Crippen molar-refractivity contribution in [3.63, 3.8) is 0 Å². The Morgan fingerprint density at radius 2 is 1.92 bits per heavy atom. The van der Waals surface area contributed by atoms with E-state index in [2.05, 4.69) is 29.3 Å². The predicted octanol–water partition coefficient (Wildman–Crippen LogP) is 3.52. The summed E-state index contributed by atoms with van der Waals surface area (Å²) in [5.41, 5.74) is 8.25. The maximum atomic E-state index is 12.3. The highest BCUT2D eigenvalue weighted by molar-refractivity contribution is 5.92. The average molecular weight is 341 g/mol. The van der Waals surface area contributed by atoms with Crippen molar-refractivity contribution in [1.29, 1.82) is 0 Å². The van der Waals surface area contributed by atoms with Crippen LogP contribution in [0.4, 0.5) is 11.4 Å². The van der Waals surface area contributed by atoms with Crippen molar-refractivity contribution < 1.29 is 9.53 Å². The van der Waals surface area contributed by atoms with Crippen molar-refractivity contribution in [2.75, 3.05) is 31.2 Å². The van der Waals surface area contributed by atoms with Gasteiger partial charge in [-0.1, -0.05) is 37.3 Å². The summed E-state index contributed by atoms with van der Waals surface area (Å²) in [7, 11) is 1.56. The van der Waals surface area contributed by atoms with Gasteiger partial charge in [0.15, 0.2) is 0 Å². The molecular formula is C20H27N3O2. The van der Waals surface area contributed by atoms with E-state index in [0.717, 1.165) is 19.5 Å². The third-order valence-electron chi connectivity index (χ3n) is 3.94. The quantitative estimate of drug-likeness (QED) is 0.685. The van der Waals surface area contributed by atoms with Crippen LogP contribution in [0.3, 0.4) is 0 Å². The fourth-order valence-corrected chi connectivity index (χ4v) is 2.71. The molecule has 2 rings (SSSR count). The number of nitrogen functional groups attached to an aromatic ring is 1. The normalized spacial score (nSPS) is 10.7. The number of amides is 1. The largest absolute Gasteiger partial charge is 0.494 e. The molecule has 0 bridgehead atoms. The molecule has 5 heteroatoms. The molecule has 0 heterocycles. The van der Waals surface area contributed by atoms with Gasteiger partial charge in [0, 0.05) is 31.3 Å². The smallest absolute Gasteiger partial charge is 0.225 e. The molecule has 0 aliphatic heterocycles. The Hall–Kier alpha value is -2.53. The number of nitrogens with zero attached hydrogens (tertiary/aromatic N) is 1. The van der Waals surface area contributed by atoms with Crippen LogP contribution >= 0.6 is 0 Å². The number of anilines is 2. The van der Waals surface area contributed by atoms with E-state index in [-0.39, 0.29) is 5.91 Å². The van der Waals surface area contributed by atoms with E-state index in [1.54, 1.807) is 25.3 Å². The van der Waals surface area contributed by atoms with Crippen LogP contribution in [0.25, 0.3) is 0 Å². The van der Waals surface area contributed by atoms with E-state index >= 15 is 0 Å². The molecule has 0 aromatic heterocycles. The Labute approximate surface area is 149 Å². The van der Waals surface area contributed by atoms with Gasteiger partial charge in [0.25, 0.3) is 0 Å². The molecule has 0 spiro atoms. The molecule has 0 aliphatic rings. The molecule has 25 heavy (non-hydrogen) atoms. The Bertz CT molecular complexity index is 674. The van der Waals surface area contributed by atoms with Crippen LogP contribution < -0.4 is 15.8 Å². The molecule has 0 radical (unpaired) electrons. The van der Waals surface area contributed by atoms with Crippen molar-refractivity contribution in [2.24, 2.45) is 0 Å². The summed E-state index contributed by atoms with van der Waals surface area (Å²) in [5, 5.41) is 2.90. The van der Waals surface area contributed by atoms with Gasteiger partial charge in [-0.05, 0) is 30.7 Å². The van der Waals surface area contributed by atoms with Crippen molar-refractivity contribution >= 4 is 17.3 Å². The number of ether oxygens (including phenoxy) is 1. The summed E-state index contributed by atoms with van der Waals surface area (Å²) in [6.45, 7) is 4.68. The van der Waals surface area contributed by atoms with E-state index in [0.29, 0.717) is 30.1 Å². The lowest BCUT2D eigenvalue weighted by atomic mass is 10.2. The first-order chi connectivity index (χ1) is 12.1. The van der Waals surface area contributed by atoms with Gasteiger partial charge >= 0.3 is 0 Å². The number of nitrogens with one attached hydrogen (secondary N) is 1. The van der Waals surface area contributed by atoms with Crippen molar-refractivity contribution in [3.8, 4) is 5.75 Å². The fraction of sp³-hybridized carbons (Fsp3) is 0.350. The lowest BCUT2D eigenvalue weighted by molar-refractivity contribution is -0.116. The Morgan fingerprint density at radius 1 is 1.16 bits per heavy atom. The van der Waals surface area contributed by atoms with Gasteiger partial charge in [-0.2, -0.15) is 0 Å². The third kappa shape index (κ3) is 6.12. The van der Waals surface area contributed by atoms with Gasteiger partial charge < -0.3 is 15.8 Å². The maximum absolute atomic E-state index is 12.3. The van der Waals surface area contributed by atoms with Gasteiger partial charge in [-0.3, -0.25) is 9.69 Å². The number of methoxy groups -OCH3 is 1. The van der Waals surface area contributed by atoms with Crippen LogP contribution in [0, 0.1) is 0 Å². The average Bonchev–Trinajstić information content (AvgIpc) is 2.62. The lowest BCUT2D eigenvalue weighted by Crippen LogP contribution is -2.28. The zero-order chi connectivity index (χ0) is 18.1. The lowest BCUT2D eigenvalue weighted by Gasteiger charge is -2.21. The number of carbonyl (C=O) groups excluding carboxylic acids is 1. The molecule has 1 amide bonds. The highest BCUT2D eigenvalue weighted by atomic mass is 16.5. The summed E-state index contributed by atoms with van der Waals surface area (Å²) < 4.78 is 5.27. The molecule has 5 nitrogen and oxygen atoms in total. The number of benzene rings is 2. The predicted molar refractivity (Wildman–Crippen MR) is 103 cm³/mol. The zero-order valence-electron chi connectivity index (χ0n) is 15.0. The molecule has 0 atom stereocenters. The van der Waals surface area contributed by atoms with Crippen LogP contribution in [-0.4, -0.2) is 31.0 Å². The molecule has 3 N–H and O–H groups in total. The second-order valence-electron chi connectivity index (χ2n) is 6.02. The number of rotatable bonds is 9. The van der Waals surface area contributed by atoms with Gasteiger partial charge in [0.1, 0.15) is 5.75 Å². The summed E-state index contributed by atoms with van der Waals surface area (Å²) in [6, 6.07) is 15.5. The van der Waals surface area contributed by atoms with Gasteiger partial charge in [-0.25, -0.2) is 0 Å². The van der Waals surface area contributed by atoms with E-state index in [1.807, 2.05) is 18.2 Å². The summed E-state index contributed by atoms with van der Waals surface area (Å²) in [5.74, 6) is 0.542. The molecule has 0 unspecified atom stereocenters. The molecule has 134 valence electrons. The molecule has 0 saturated heterocycles. The summed E-state index contributed by atoms with van der Waals surface area (Å²) >= 11 is 0. The number of hydrogen-bond acceptors (Lipinski definition) is 4. The molecule has 0 fully saturated rings. The molecule has 0 aliphatic carbocycles. The topological polar surface area (TPSA) is 67.6 Å². The van der Waals surface area contributed by atoms with Crippen molar-refractivity contribution in [1.82, 2.24) is 4.90 Å². The Kier molecular flexibility index (Phi) is 7.29. The summed E-state index contributed by atoms with van der Waals surface area (Å²) in [6.07, 6.45) is 1.49. The fourth-order valence-electron chi connectivity index (χ4n) is 2.71. The highest BCUT2D eigenvalue weighted by Gasteiger charge is 2.11. The molecule has 2 aromatic rings. The standard InChI is InChI=1S/C20H27N3O2/c1-3-12-23(15-16-7-5-4-6-8-16)13-11-20(24)22-18-10-9-17(21)14-19(18)25-2/h4-10,14H,3,11-13,15,21H2,1-2H3,(H,22,24). The molecule has 0 saturated carbocycles. The van der Waals surface area contributed by atoms with E-state index in [1.165, 1.54) is 5.56 Å². The van der Waals surface area contributed by atoms with Crippen LogP contribution in [0.2, 0.25) is 0 Å². The number of nitrogens with two attached hydrogens (primary N) is 1. The first-order valence-electron chi connectivity index (χ1n) is 8.62. The van der Waals surface area contributed by atoms with Gasteiger partial charge in [-0.15, -0.1) is 0 Å². The second kappa shape index (κ2) is 9.69. The monoisotopic (exact) mass is 341 g/mol. The SMILES string of the molecule is CCCN(CCC(=O)Nc1ccc(N)cc1OC)Cc1ccccc1. The third-order valence-corrected chi connectivity index (χ3v) is 3.94. The molecule has 2 aromatic carbocycles. The van der Waals surface area contributed by atoms with Crippen LogP contribution in [0.15, 0.2) is 48.5 Å². The van der Waals surface area contributed by atoms with Crippen LogP contribution in [-0.2, 0) is 11.3 Å². The zero-order valence-corrected chi connectivity index (χ0v) is 15.0. The van der Waals surface area contributed by atoms with Gasteiger partial charge in [0.2, 0.25) is 5.91 Å². The van der Waals surface area contributed by atoms with Crippen LogP contribution in [0.5, 0.6) is 5.75 Å². The van der Waals surface area contributed by atoms with Crippen molar-refractivity contribution in [3.05, 3.63) is 54.1 Å². The first kappa shape index (κ1) is 18.8. The van der Waals surface area contributed by atoms with Crippen molar-refractivity contribution in [2.45, 2.75) is 26.3 Å². The minimum atomic E-state index is -0.0303. The van der Waals surface area contributed by atoms with E-state index < -0.39 is 0 Å². The number of hydrogen-bond donors (Lipinski definition) is 2. The highest BCUT2D eigenvalue weighted by Crippen LogP contribution is 2.26. The van der Waals surface area contributed by atoms with E-state index in [4.69, 9.17) is 10.5 Å². The van der Waals surface area contributed by atoms with Crippen LogP contribution in [0.1, 0.15) is 25.3 Å². The first-order valence-corrected chi connectivity index (χ1v) is 8.62. The maximum Gasteiger partial charge on any atom is 0.225 e.